The summed E-state index contributed by atoms with van der Waals surface area (Å²) in [6.07, 6.45) is 3.91. The lowest BCUT2D eigenvalue weighted by Crippen LogP contribution is -2.18. The van der Waals surface area contributed by atoms with Crippen molar-refractivity contribution in [2.45, 2.75) is 37.4 Å². The summed E-state index contributed by atoms with van der Waals surface area (Å²) in [5.74, 6) is 1.08. The Labute approximate surface area is 100 Å². The summed E-state index contributed by atoms with van der Waals surface area (Å²) >= 11 is 3.46. The third-order valence-corrected chi connectivity index (χ3v) is 3.94. The Morgan fingerprint density at radius 3 is 2.80 bits per heavy atom. The second kappa shape index (κ2) is 8.07. The molecule has 0 amide bonds. The predicted octanol–water partition coefficient (Wildman–Crippen LogP) is 2.72. The zero-order chi connectivity index (χ0) is 10.9. The van der Waals surface area contributed by atoms with Crippen molar-refractivity contribution in [1.82, 2.24) is 15.5 Å². The van der Waals surface area contributed by atoms with E-state index in [1.165, 1.54) is 19.3 Å². The Morgan fingerprint density at radius 2 is 2.13 bits per heavy atom. The van der Waals surface area contributed by atoms with Gasteiger partial charge in [0.15, 0.2) is 4.34 Å². The highest BCUT2D eigenvalue weighted by Crippen LogP contribution is 2.20. The molecule has 0 aliphatic carbocycles. The molecule has 1 heterocycles. The second-order valence-electron chi connectivity index (χ2n) is 3.39. The summed E-state index contributed by atoms with van der Waals surface area (Å²) in [6, 6.07) is 0. The molecule has 15 heavy (non-hydrogen) atoms. The van der Waals surface area contributed by atoms with E-state index in [1.54, 1.807) is 23.1 Å². The number of nitrogens with zero attached hydrogens (tertiary/aromatic N) is 2. The van der Waals surface area contributed by atoms with Crippen LogP contribution in [0.3, 0.4) is 0 Å². The summed E-state index contributed by atoms with van der Waals surface area (Å²) < 4.78 is 1.09. The van der Waals surface area contributed by atoms with Gasteiger partial charge in [-0.15, -0.1) is 10.2 Å². The second-order valence-corrected chi connectivity index (χ2v) is 5.92. The summed E-state index contributed by atoms with van der Waals surface area (Å²) in [6.45, 7) is 6.43. The molecule has 86 valence electrons. The maximum absolute atomic E-state index is 4.07. The molecule has 0 radical (unpaired) electrons. The van der Waals surface area contributed by atoms with Gasteiger partial charge in [-0.1, -0.05) is 42.9 Å². The third-order valence-electron chi connectivity index (χ3n) is 1.97. The SMILES string of the molecule is CCCCCNCCSc1nnc(C)s1. The molecule has 0 aromatic carbocycles. The normalized spacial score (nSPS) is 10.8. The van der Waals surface area contributed by atoms with E-state index >= 15 is 0 Å². The topological polar surface area (TPSA) is 37.8 Å². The number of hydrogen-bond donors (Lipinski definition) is 1. The smallest absolute Gasteiger partial charge is 0.174 e. The van der Waals surface area contributed by atoms with Crippen molar-refractivity contribution in [2.24, 2.45) is 0 Å². The van der Waals surface area contributed by atoms with E-state index < -0.39 is 0 Å². The van der Waals surface area contributed by atoms with E-state index in [2.05, 4.69) is 22.4 Å². The van der Waals surface area contributed by atoms with E-state index in [9.17, 15) is 0 Å². The van der Waals surface area contributed by atoms with Gasteiger partial charge >= 0.3 is 0 Å². The van der Waals surface area contributed by atoms with Gasteiger partial charge in [-0.2, -0.15) is 0 Å². The zero-order valence-electron chi connectivity index (χ0n) is 9.45. The first-order valence-electron chi connectivity index (χ1n) is 5.46. The van der Waals surface area contributed by atoms with Crippen LogP contribution >= 0.6 is 23.1 Å². The first kappa shape index (κ1) is 12.9. The number of thioether (sulfide) groups is 1. The molecular formula is C10H19N3S2. The van der Waals surface area contributed by atoms with Crippen LogP contribution in [0.2, 0.25) is 0 Å². The number of aryl methyl sites for hydroxylation is 1. The van der Waals surface area contributed by atoms with Crippen molar-refractivity contribution in [3.63, 3.8) is 0 Å². The fourth-order valence-corrected chi connectivity index (χ4v) is 2.96. The van der Waals surface area contributed by atoms with Crippen molar-refractivity contribution in [3.8, 4) is 0 Å². The van der Waals surface area contributed by atoms with Crippen LogP contribution in [-0.2, 0) is 0 Å². The Morgan fingerprint density at radius 1 is 1.27 bits per heavy atom. The van der Waals surface area contributed by atoms with Gasteiger partial charge in [-0.05, 0) is 19.9 Å². The van der Waals surface area contributed by atoms with Crippen molar-refractivity contribution in [2.75, 3.05) is 18.8 Å². The highest BCUT2D eigenvalue weighted by atomic mass is 32.2. The fourth-order valence-electron chi connectivity index (χ4n) is 1.17. The molecule has 3 nitrogen and oxygen atoms in total. The molecule has 0 fully saturated rings. The van der Waals surface area contributed by atoms with Gasteiger partial charge in [0.2, 0.25) is 0 Å². The van der Waals surface area contributed by atoms with Crippen molar-refractivity contribution in [1.29, 1.82) is 0 Å². The van der Waals surface area contributed by atoms with Gasteiger partial charge in [0.25, 0.3) is 0 Å². The summed E-state index contributed by atoms with van der Waals surface area (Å²) in [5.41, 5.74) is 0. The van der Waals surface area contributed by atoms with Crippen LogP contribution in [-0.4, -0.2) is 29.0 Å². The molecule has 1 N–H and O–H groups in total. The van der Waals surface area contributed by atoms with E-state index in [1.807, 2.05) is 6.92 Å². The van der Waals surface area contributed by atoms with Crippen molar-refractivity contribution in [3.05, 3.63) is 5.01 Å². The van der Waals surface area contributed by atoms with Gasteiger partial charge < -0.3 is 5.32 Å². The molecule has 0 atom stereocenters. The number of rotatable bonds is 8. The maximum atomic E-state index is 4.07. The molecule has 0 spiro atoms. The van der Waals surface area contributed by atoms with Crippen LogP contribution in [0.5, 0.6) is 0 Å². The predicted molar refractivity (Wildman–Crippen MR) is 67.8 cm³/mol. The molecule has 1 rings (SSSR count). The lowest BCUT2D eigenvalue weighted by molar-refractivity contribution is 0.636. The molecule has 0 unspecified atom stereocenters. The van der Waals surface area contributed by atoms with Crippen LogP contribution in [0.4, 0.5) is 0 Å². The highest BCUT2D eigenvalue weighted by Gasteiger charge is 1.99. The molecular weight excluding hydrogens is 226 g/mol. The Kier molecular flexibility index (Phi) is 6.96. The van der Waals surface area contributed by atoms with Crippen LogP contribution in [0, 0.1) is 6.92 Å². The van der Waals surface area contributed by atoms with E-state index in [4.69, 9.17) is 0 Å². The quantitative estimate of drug-likeness (QED) is 0.564. The van der Waals surface area contributed by atoms with Crippen LogP contribution in [0.15, 0.2) is 4.34 Å². The first-order chi connectivity index (χ1) is 7.33. The van der Waals surface area contributed by atoms with Gasteiger partial charge in [-0.3, -0.25) is 0 Å². The Balaban J connectivity index is 1.93. The molecule has 0 saturated carbocycles. The van der Waals surface area contributed by atoms with E-state index in [0.29, 0.717) is 0 Å². The molecule has 0 aliphatic heterocycles. The minimum atomic E-state index is 1.05. The Bertz CT molecular complexity index is 263. The number of hydrogen-bond acceptors (Lipinski definition) is 5. The van der Waals surface area contributed by atoms with Crippen molar-refractivity contribution >= 4 is 23.1 Å². The highest BCUT2D eigenvalue weighted by molar-refractivity contribution is 8.01. The third kappa shape index (κ3) is 6.12. The average Bonchev–Trinajstić information content (AvgIpc) is 2.63. The van der Waals surface area contributed by atoms with Gasteiger partial charge in [-0.25, -0.2) is 0 Å². The number of aromatic nitrogens is 2. The molecule has 0 saturated heterocycles. The number of nitrogens with one attached hydrogen (secondary N) is 1. The van der Waals surface area contributed by atoms with Crippen LogP contribution in [0.1, 0.15) is 31.2 Å². The van der Waals surface area contributed by atoms with Gasteiger partial charge in [0, 0.05) is 12.3 Å². The maximum Gasteiger partial charge on any atom is 0.174 e. The fraction of sp³-hybridized carbons (Fsp3) is 0.800. The lowest BCUT2D eigenvalue weighted by Gasteiger charge is -2.01. The standard InChI is InChI=1S/C10H19N3S2/c1-3-4-5-6-11-7-8-14-10-13-12-9(2)15-10/h11H,3-8H2,1-2H3. The molecule has 0 bridgehead atoms. The first-order valence-corrected chi connectivity index (χ1v) is 7.26. The summed E-state index contributed by atoms with van der Waals surface area (Å²) in [7, 11) is 0. The molecule has 1 aromatic rings. The van der Waals surface area contributed by atoms with Gasteiger partial charge in [0.05, 0.1) is 0 Å². The van der Waals surface area contributed by atoms with Crippen LogP contribution < -0.4 is 5.32 Å². The lowest BCUT2D eigenvalue weighted by atomic mass is 10.2. The largest absolute Gasteiger partial charge is 0.316 e. The monoisotopic (exact) mass is 245 g/mol. The van der Waals surface area contributed by atoms with Gasteiger partial charge in [0.1, 0.15) is 5.01 Å². The average molecular weight is 245 g/mol. The van der Waals surface area contributed by atoms with E-state index in [-0.39, 0.29) is 0 Å². The minimum absolute atomic E-state index is 1.05. The zero-order valence-corrected chi connectivity index (χ0v) is 11.1. The van der Waals surface area contributed by atoms with E-state index in [0.717, 1.165) is 28.2 Å². The number of unbranched alkanes of at least 4 members (excludes halogenated alkanes) is 2. The minimum Gasteiger partial charge on any atom is -0.316 e. The molecule has 5 heteroatoms. The van der Waals surface area contributed by atoms with Crippen molar-refractivity contribution < 1.29 is 0 Å². The molecule has 1 aromatic heterocycles. The summed E-state index contributed by atoms with van der Waals surface area (Å²) in [5, 5.41) is 12.5. The van der Waals surface area contributed by atoms with Crippen LogP contribution in [0.25, 0.3) is 0 Å². The Hall–Kier alpha value is -0.130. The summed E-state index contributed by atoms with van der Waals surface area (Å²) in [4.78, 5) is 0. The molecule has 0 aliphatic rings.